The monoisotopic (exact) mass is 335 g/mol. The van der Waals surface area contributed by atoms with Crippen molar-refractivity contribution in [3.63, 3.8) is 0 Å². The summed E-state index contributed by atoms with van der Waals surface area (Å²) in [5, 5.41) is 9.11. The Labute approximate surface area is 129 Å². The number of likely N-dealkylation sites (tertiary alicyclic amines) is 1. The Morgan fingerprint density at radius 2 is 2.00 bits per heavy atom. The first-order valence-corrected chi connectivity index (χ1v) is 6.82. The third kappa shape index (κ3) is 2.65. The molecular formula is C14H13ClF3NO3. The van der Waals surface area contributed by atoms with Crippen molar-refractivity contribution in [1.82, 2.24) is 4.90 Å². The van der Waals surface area contributed by atoms with Gasteiger partial charge in [0.15, 0.2) is 5.41 Å². The summed E-state index contributed by atoms with van der Waals surface area (Å²) in [4.78, 5) is 24.3. The van der Waals surface area contributed by atoms with E-state index in [1.165, 1.54) is 12.1 Å². The number of aryl methyl sites for hydroxylation is 1. The van der Waals surface area contributed by atoms with Gasteiger partial charge in [-0.2, -0.15) is 13.2 Å². The zero-order valence-electron chi connectivity index (χ0n) is 11.6. The molecule has 1 amide bonds. The van der Waals surface area contributed by atoms with Gasteiger partial charge in [0, 0.05) is 13.1 Å². The minimum atomic E-state index is -4.93. The van der Waals surface area contributed by atoms with Crippen LogP contribution in [0.1, 0.15) is 22.3 Å². The number of rotatable bonds is 2. The number of hydrogen-bond donors (Lipinski definition) is 1. The highest BCUT2D eigenvalue weighted by Gasteiger charge is 2.64. The van der Waals surface area contributed by atoms with Crippen molar-refractivity contribution in [1.29, 1.82) is 0 Å². The summed E-state index contributed by atoms with van der Waals surface area (Å²) in [5.74, 6) is -2.66. The van der Waals surface area contributed by atoms with E-state index in [0.29, 0.717) is 0 Å². The van der Waals surface area contributed by atoms with Crippen LogP contribution in [0.4, 0.5) is 13.2 Å². The molecule has 0 bridgehead atoms. The molecule has 1 N–H and O–H groups in total. The normalized spacial score (nSPS) is 22.0. The number of aliphatic carboxylic acids is 1. The fourth-order valence-electron chi connectivity index (χ4n) is 2.47. The lowest BCUT2D eigenvalue weighted by Crippen LogP contribution is -2.47. The number of amides is 1. The lowest BCUT2D eigenvalue weighted by molar-refractivity contribution is -0.227. The summed E-state index contributed by atoms with van der Waals surface area (Å²) < 4.78 is 39.3. The number of nitrogens with zero attached hydrogens (tertiary/aromatic N) is 1. The van der Waals surface area contributed by atoms with Crippen molar-refractivity contribution in [3.05, 3.63) is 34.3 Å². The molecule has 1 aromatic rings. The van der Waals surface area contributed by atoms with Crippen LogP contribution in [0.5, 0.6) is 0 Å². The third-order valence-electron chi connectivity index (χ3n) is 3.86. The smallest absolute Gasteiger partial charge is 0.406 e. The molecule has 1 unspecified atom stereocenters. The van der Waals surface area contributed by atoms with E-state index < -0.39 is 36.4 Å². The standard InChI is InChI=1S/C14H13ClF3NO3/c1-8-2-3-9(10(15)6-8)11(20)19-5-4-13(7-19,12(21)22)14(16,17)18/h2-3,6H,4-5,7H2,1H3,(H,21,22). The van der Waals surface area contributed by atoms with Gasteiger partial charge in [0.25, 0.3) is 5.91 Å². The minimum Gasteiger partial charge on any atom is -0.481 e. The van der Waals surface area contributed by atoms with Crippen LogP contribution in [0.3, 0.4) is 0 Å². The Morgan fingerprint density at radius 3 is 2.45 bits per heavy atom. The molecule has 0 spiro atoms. The van der Waals surface area contributed by atoms with Gasteiger partial charge in [-0.25, -0.2) is 0 Å². The molecule has 1 fully saturated rings. The van der Waals surface area contributed by atoms with E-state index in [-0.39, 0.29) is 17.1 Å². The summed E-state index contributed by atoms with van der Waals surface area (Å²) >= 11 is 5.94. The number of benzene rings is 1. The summed E-state index contributed by atoms with van der Waals surface area (Å²) in [6, 6.07) is 4.57. The van der Waals surface area contributed by atoms with E-state index in [4.69, 9.17) is 16.7 Å². The van der Waals surface area contributed by atoms with Gasteiger partial charge in [0.1, 0.15) is 0 Å². The van der Waals surface area contributed by atoms with Crippen molar-refractivity contribution in [2.75, 3.05) is 13.1 Å². The molecule has 22 heavy (non-hydrogen) atoms. The van der Waals surface area contributed by atoms with E-state index in [2.05, 4.69) is 0 Å². The summed E-state index contributed by atoms with van der Waals surface area (Å²) in [6.07, 6.45) is -5.59. The number of hydrogen-bond acceptors (Lipinski definition) is 2. The van der Waals surface area contributed by atoms with E-state index in [9.17, 15) is 22.8 Å². The molecule has 1 aliphatic rings. The molecule has 2 rings (SSSR count). The SMILES string of the molecule is Cc1ccc(C(=O)N2CCC(C(=O)O)(C(F)(F)F)C2)c(Cl)c1. The van der Waals surface area contributed by atoms with E-state index in [0.717, 1.165) is 10.5 Å². The van der Waals surface area contributed by atoms with Gasteiger partial charge in [0.05, 0.1) is 10.6 Å². The fraction of sp³-hybridized carbons (Fsp3) is 0.429. The van der Waals surface area contributed by atoms with Gasteiger partial charge >= 0.3 is 12.1 Å². The van der Waals surface area contributed by atoms with Crippen LogP contribution in [0, 0.1) is 12.3 Å². The second-order valence-electron chi connectivity index (χ2n) is 5.35. The van der Waals surface area contributed by atoms with Crippen LogP contribution in [0.15, 0.2) is 18.2 Å². The quantitative estimate of drug-likeness (QED) is 0.903. The van der Waals surface area contributed by atoms with Gasteiger partial charge in [-0.3, -0.25) is 9.59 Å². The molecule has 1 aliphatic heterocycles. The molecule has 1 heterocycles. The second kappa shape index (κ2) is 5.46. The Hall–Kier alpha value is -1.76. The molecule has 8 heteroatoms. The summed E-state index contributed by atoms with van der Waals surface area (Å²) in [5.41, 5.74) is -2.05. The van der Waals surface area contributed by atoms with Crippen LogP contribution in [-0.4, -0.2) is 41.1 Å². The van der Waals surface area contributed by atoms with Gasteiger partial charge in [0.2, 0.25) is 0 Å². The van der Waals surface area contributed by atoms with E-state index in [1.807, 2.05) is 0 Å². The predicted octanol–water partition coefficient (Wildman–Crippen LogP) is 3.13. The average Bonchev–Trinajstić information content (AvgIpc) is 2.83. The van der Waals surface area contributed by atoms with Gasteiger partial charge < -0.3 is 10.0 Å². The first-order chi connectivity index (χ1) is 10.1. The molecular weight excluding hydrogens is 323 g/mol. The van der Waals surface area contributed by atoms with Crippen molar-refractivity contribution < 1.29 is 27.9 Å². The Balaban J connectivity index is 2.29. The second-order valence-corrected chi connectivity index (χ2v) is 5.75. The number of carbonyl (C=O) groups is 2. The molecule has 4 nitrogen and oxygen atoms in total. The summed E-state index contributed by atoms with van der Waals surface area (Å²) in [6.45, 7) is 0.568. The van der Waals surface area contributed by atoms with E-state index >= 15 is 0 Å². The lowest BCUT2D eigenvalue weighted by Gasteiger charge is -2.27. The lowest BCUT2D eigenvalue weighted by atomic mass is 9.86. The molecule has 0 aliphatic carbocycles. The van der Waals surface area contributed by atoms with Crippen molar-refractivity contribution in [2.24, 2.45) is 5.41 Å². The van der Waals surface area contributed by atoms with Crippen LogP contribution >= 0.6 is 11.6 Å². The average molecular weight is 336 g/mol. The van der Waals surface area contributed by atoms with Crippen LogP contribution in [-0.2, 0) is 4.79 Å². The molecule has 0 aromatic heterocycles. The van der Waals surface area contributed by atoms with Crippen LogP contribution < -0.4 is 0 Å². The Kier molecular flexibility index (Phi) is 4.12. The number of carbonyl (C=O) groups excluding carboxylic acids is 1. The molecule has 120 valence electrons. The topological polar surface area (TPSA) is 57.6 Å². The highest BCUT2D eigenvalue weighted by molar-refractivity contribution is 6.33. The van der Waals surface area contributed by atoms with Gasteiger partial charge in [-0.15, -0.1) is 0 Å². The third-order valence-corrected chi connectivity index (χ3v) is 4.18. The number of carboxylic acid groups (broad SMARTS) is 1. The fourth-order valence-corrected chi connectivity index (χ4v) is 2.79. The number of alkyl halides is 3. The molecule has 0 saturated carbocycles. The van der Waals surface area contributed by atoms with E-state index in [1.54, 1.807) is 13.0 Å². The maximum atomic E-state index is 13.1. The maximum Gasteiger partial charge on any atom is 0.406 e. The van der Waals surface area contributed by atoms with Crippen molar-refractivity contribution in [2.45, 2.75) is 19.5 Å². The Bertz CT molecular complexity index is 632. The largest absolute Gasteiger partial charge is 0.481 e. The Morgan fingerprint density at radius 1 is 1.36 bits per heavy atom. The number of halogens is 4. The summed E-state index contributed by atoms with van der Waals surface area (Å²) in [7, 11) is 0. The van der Waals surface area contributed by atoms with Crippen molar-refractivity contribution >= 4 is 23.5 Å². The van der Waals surface area contributed by atoms with Gasteiger partial charge in [-0.1, -0.05) is 17.7 Å². The minimum absolute atomic E-state index is 0.0654. The van der Waals surface area contributed by atoms with Crippen molar-refractivity contribution in [3.8, 4) is 0 Å². The van der Waals surface area contributed by atoms with Crippen LogP contribution in [0.25, 0.3) is 0 Å². The first kappa shape index (κ1) is 16.6. The zero-order chi connectivity index (χ0) is 16.7. The molecule has 0 radical (unpaired) electrons. The molecule has 1 atom stereocenters. The highest BCUT2D eigenvalue weighted by atomic mass is 35.5. The molecule has 1 aromatic carbocycles. The van der Waals surface area contributed by atoms with Gasteiger partial charge in [-0.05, 0) is 31.0 Å². The predicted molar refractivity (Wildman–Crippen MR) is 72.8 cm³/mol. The molecule has 1 saturated heterocycles. The number of carboxylic acids is 1. The highest BCUT2D eigenvalue weighted by Crippen LogP contribution is 2.46. The zero-order valence-corrected chi connectivity index (χ0v) is 12.3. The first-order valence-electron chi connectivity index (χ1n) is 6.44. The maximum absolute atomic E-state index is 13.1. The van der Waals surface area contributed by atoms with Crippen LogP contribution in [0.2, 0.25) is 5.02 Å².